The van der Waals surface area contributed by atoms with Gasteiger partial charge in [0.2, 0.25) is 0 Å². The minimum Gasteiger partial charge on any atom is -0.480 e. The van der Waals surface area contributed by atoms with Crippen molar-refractivity contribution in [3.05, 3.63) is 35.9 Å². The Labute approximate surface area is 113 Å². The van der Waals surface area contributed by atoms with Crippen LogP contribution in [0.2, 0.25) is 0 Å². The standard InChI is InChI=1S/C15H21NO3/c1-2-3-4-8-11-13(15(18)19)16-14(17)12-9-6-5-7-10-12/h5-7,9-10,13H,2-4,8,11H2,1H3,(H,16,17)(H,18,19)/t13-/m1/s1. The third kappa shape index (κ3) is 5.55. The van der Waals surface area contributed by atoms with E-state index in [9.17, 15) is 9.59 Å². The Morgan fingerprint density at radius 1 is 1.16 bits per heavy atom. The molecule has 0 bridgehead atoms. The van der Waals surface area contributed by atoms with E-state index in [0.29, 0.717) is 12.0 Å². The van der Waals surface area contributed by atoms with E-state index in [-0.39, 0.29) is 5.91 Å². The summed E-state index contributed by atoms with van der Waals surface area (Å²) < 4.78 is 0. The van der Waals surface area contributed by atoms with Crippen LogP contribution in [0.3, 0.4) is 0 Å². The summed E-state index contributed by atoms with van der Waals surface area (Å²) >= 11 is 0. The van der Waals surface area contributed by atoms with E-state index < -0.39 is 12.0 Å². The van der Waals surface area contributed by atoms with E-state index in [1.165, 1.54) is 0 Å². The average molecular weight is 263 g/mol. The van der Waals surface area contributed by atoms with E-state index in [1.807, 2.05) is 6.07 Å². The summed E-state index contributed by atoms with van der Waals surface area (Å²) in [4.78, 5) is 23.0. The topological polar surface area (TPSA) is 66.4 Å². The Morgan fingerprint density at radius 3 is 2.42 bits per heavy atom. The molecular formula is C15H21NO3. The Balaban J connectivity index is 2.49. The number of hydrogen-bond donors (Lipinski definition) is 2. The molecule has 0 fully saturated rings. The molecule has 0 spiro atoms. The van der Waals surface area contributed by atoms with Crippen LogP contribution in [0.1, 0.15) is 49.4 Å². The second-order valence-corrected chi connectivity index (χ2v) is 4.58. The van der Waals surface area contributed by atoms with Gasteiger partial charge in [0.15, 0.2) is 0 Å². The quantitative estimate of drug-likeness (QED) is 0.709. The Kier molecular flexibility index (Phi) is 6.64. The third-order valence-electron chi connectivity index (χ3n) is 2.99. The lowest BCUT2D eigenvalue weighted by atomic mass is 10.1. The highest BCUT2D eigenvalue weighted by Gasteiger charge is 2.19. The van der Waals surface area contributed by atoms with Gasteiger partial charge in [-0.2, -0.15) is 0 Å². The van der Waals surface area contributed by atoms with Gasteiger partial charge in [-0.1, -0.05) is 50.8 Å². The van der Waals surface area contributed by atoms with E-state index in [0.717, 1.165) is 25.7 Å². The summed E-state index contributed by atoms with van der Waals surface area (Å²) in [6.45, 7) is 2.10. The Bertz CT molecular complexity index is 403. The number of unbranched alkanes of at least 4 members (excludes halogenated alkanes) is 3. The monoisotopic (exact) mass is 263 g/mol. The molecule has 4 nitrogen and oxygen atoms in total. The second-order valence-electron chi connectivity index (χ2n) is 4.58. The molecule has 0 radical (unpaired) electrons. The van der Waals surface area contributed by atoms with Crippen LogP contribution in [0.5, 0.6) is 0 Å². The number of nitrogens with one attached hydrogen (secondary N) is 1. The van der Waals surface area contributed by atoms with Crippen molar-refractivity contribution in [3.8, 4) is 0 Å². The number of carbonyl (C=O) groups excluding carboxylic acids is 1. The molecule has 1 aromatic rings. The van der Waals surface area contributed by atoms with Crippen molar-refractivity contribution in [2.75, 3.05) is 0 Å². The first-order chi connectivity index (χ1) is 9.15. The average Bonchev–Trinajstić information content (AvgIpc) is 2.42. The van der Waals surface area contributed by atoms with Crippen LogP contribution in [0.4, 0.5) is 0 Å². The lowest BCUT2D eigenvalue weighted by Gasteiger charge is -2.14. The maximum Gasteiger partial charge on any atom is 0.326 e. The number of rotatable bonds is 8. The van der Waals surface area contributed by atoms with Crippen molar-refractivity contribution in [2.45, 2.75) is 45.1 Å². The van der Waals surface area contributed by atoms with Crippen LogP contribution in [0.25, 0.3) is 0 Å². The first-order valence-corrected chi connectivity index (χ1v) is 6.74. The van der Waals surface area contributed by atoms with Crippen LogP contribution < -0.4 is 5.32 Å². The highest BCUT2D eigenvalue weighted by atomic mass is 16.4. The summed E-state index contributed by atoms with van der Waals surface area (Å²) in [6.07, 6.45) is 4.50. The number of hydrogen-bond acceptors (Lipinski definition) is 2. The van der Waals surface area contributed by atoms with Crippen LogP contribution in [-0.4, -0.2) is 23.0 Å². The van der Waals surface area contributed by atoms with Gasteiger partial charge in [-0.05, 0) is 18.6 Å². The van der Waals surface area contributed by atoms with Gasteiger partial charge in [0, 0.05) is 5.56 Å². The molecule has 1 amide bonds. The van der Waals surface area contributed by atoms with Crippen molar-refractivity contribution in [1.29, 1.82) is 0 Å². The number of aliphatic carboxylic acids is 1. The van der Waals surface area contributed by atoms with Gasteiger partial charge in [-0.15, -0.1) is 0 Å². The van der Waals surface area contributed by atoms with Crippen LogP contribution in [0, 0.1) is 0 Å². The van der Waals surface area contributed by atoms with Crippen LogP contribution >= 0.6 is 0 Å². The molecule has 4 heteroatoms. The molecule has 0 aliphatic carbocycles. The maximum atomic E-state index is 11.9. The van der Waals surface area contributed by atoms with Gasteiger partial charge in [0.25, 0.3) is 5.91 Å². The van der Waals surface area contributed by atoms with E-state index in [1.54, 1.807) is 24.3 Å². The first-order valence-electron chi connectivity index (χ1n) is 6.74. The van der Waals surface area contributed by atoms with Crippen molar-refractivity contribution in [1.82, 2.24) is 5.32 Å². The van der Waals surface area contributed by atoms with E-state index >= 15 is 0 Å². The lowest BCUT2D eigenvalue weighted by molar-refractivity contribution is -0.139. The van der Waals surface area contributed by atoms with E-state index in [4.69, 9.17) is 5.11 Å². The highest BCUT2D eigenvalue weighted by Crippen LogP contribution is 2.07. The molecular weight excluding hydrogens is 242 g/mol. The predicted molar refractivity (Wildman–Crippen MR) is 74.1 cm³/mol. The van der Waals surface area contributed by atoms with Crippen LogP contribution in [-0.2, 0) is 4.79 Å². The van der Waals surface area contributed by atoms with Crippen molar-refractivity contribution < 1.29 is 14.7 Å². The van der Waals surface area contributed by atoms with E-state index in [2.05, 4.69) is 12.2 Å². The predicted octanol–water partition coefficient (Wildman–Crippen LogP) is 2.84. The zero-order valence-corrected chi connectivity index (χ0v) is 11.3. The lowest BCUT2D eigenvalue weighted by Crippen LogP contribution is -2.40. The largest absolute Gasteiger partial charge is 0.480 e. The summed E-state index contributed by atoms with van der Waals surface area (Å²) in [7, 11) is 0. The molecule has 1 rings (SSSR count). The minimum absolute atomic E-state index is 0.330. The minimum atomic E-state index is -0.972. The molecule has 0 aliphatic heterocycles. The molecule has 104 valence electrons. The summed E-state index contributed by atoms with van der Waals surface area (Å²) in [5.74, 6) is -1.30. The molecule has 1 aromatic carbocycles. The smallest absolute Gasteiger partial charge is 0.326 e. The number of carboxylic acid groups (broad SMARTS) is 1. The van der Waals surface area contributed by atoms with Gasteiger partial charge in [0.1, 0.15) is 6.04 Å². The van der Waals surface area contributed by atoms with Crippen molar-refractivity contribution in [2.24, 2.45) is 0 Å². The number of amides is 1. The molecule has 0 heterocycles. The number of carboxylic acids is 1. The number of benzene rings is 1. The molecule has 1 atom stereocenters. The van der Waals surface area contributed by atoms with Gasteiger partial charge in [-0.3, -0.25) is 4.79 Å². The van der Waals surface area contributed by atoms with Crippen LogP contribution in [0.15, 0.2) is 30.3 Å². The molecule has 0 aliphatic rings. The highest BCUT2D eigenvalue weighted by molar-refractivity contribution is 5.96. The maximum absolute atomic E-state index is 11.9. The number of carbonyl (C=O) groups is 2. The Hall–Kier alpha value is -1.84. The van der Waals surface area contributed by atoms with Crippen molar-refractivity contribution in [3.63, 3.8) is 0 Å². The molecule has 2 N–H and O–H groups in total. The fourth-order valence-corrected chi connectivity index (χ4v) is 1.86. The van der Waals surface area contributed by atoms with Crippen molar-refractivity contribution >= 4 is 11.9 Å². The zero-order chi connectivity index (χ0) is 14.1. The fourth-order valence-electron chi connectivity index (χ4n) is 1.86. The van der Waals surface area contributed by atoms with Gasteiger partial charge < -0.3 is 10.4 Å². The van der Waals surface area contributed by atoms with Gasteiger partial charge in [-0.25, -0.2) is 4.79 Å². The first kappa shape index (κ1) is 15.2. The molecule has 0 saturated heterocycles. The SMILES string of the molecule is CCCCCC[C@@H](NC(=O)c1ccccc1)C(=O)O. The second kappa shape index (κ2) is 8.29. The summed E-state index contributed by atoms with van der Waals surface area (Å²) in [6, 6.07) is 7.87. The molecule has 19 heavy (non-hydrogen) atoms. The van der Waals surface area contributed by atoms with Gasteiger partial charge in [0.05, 0.1) is 0 Å². The summed E-state index contributed by atoms with van der Waals surface area (Å²) in [5, 5.41) is 11.7. The Morgan fingerprint density at radius 2 is 1.84 bits per heavy atom. The normalized spacial score (nSPS) is 11.8. The molecule has 0 saturated carbocycles. The third-order valence-corrected chi connectivity index (χ3v) is 2.99. The van der Waals surface area contributed by atoms with Gasteiger partial charge >= 0.3 is 5.97 Å². The molecule has 0 unspecified atom stereocenters. The molecule has 0 aromatic heterocycles. The summed E-state index contributed by atoms with van der Waals surface area (Å²) in [5.41, 5.74) is 0.488. The fraction of sp³-hybridized carbons (Fsp3) is 0.467. The zero-order valence-electron chi connectivity index (χ0n) is 11.3.